The van der Waals surface area contributed by atoms with E-state index in [1.165, 1.54) is 5.56 Å². The number of amides is 2. The number of carbonyl (C=O) groups excluding carboxylic acids is 2. The molecule has 30 heavy (non-hydrogen) atoms. The minimum Gasteiger partial charge on any atom is -0.467 e. The second-order valence-corrected chi connectivity index (χ2v) is 8.07. The third kappa shape index (κ3) is 5.72. The van der Waals surface area contributed by atoms with Gasteiger partial charge in [-0.15, -0.1) is 0 Å². The summed E-state index contributed by atoms with van der Waals surface area (Å²) in [5.74, 6) is 0.490. The van der Waals surface area contributed by atoms with E-state index in [4.69, 9.17) is 9.15 Å². The smallest absolute Gasteiger partial charge is 0.254 e. The Kier molecular flexibility index (Phi) is 7.69. The van der Waals surface area contributed by atoms with Gasteiger partial charge in [-0.2, -0.15) is 0 Å². The van der Waals surface area contributed by atoms with Gasteiger partial charge in [0.1, 0.15) is 12.3 Å². The summed E-state index contributed by atoms with van der Waals surface area (Å²) >= 11 is 0. The molecule has 6 heteroatoms. The number of benzene rings is 1. The van der Waals surface area contributed by atoms with Crippen molar-refractivity contribution in [1.82, 2.24) is 9.80 Å². The molecule has 6 nitrogen and oxygen atoms in total. The van der Waals surface area contributed by atoms with Crippen LogP contribution in [-0.2, 0) is 22.5 Å². The summed E-state index contributed by atoms with van der Waals surface area (Å²) < 4.78 is 11.2. The average molecular weight is 413 g/mol. The zero-order chi connectivity index (χ0) is 21.5. The maximum atomic E-state index is 13.2. The maximum absolute atomic E-state index is 13.2. The molecule has 0 aliphatic carbocycles. The molecule has 1 atom stereocenters. The van der Waals surface area contributed by atoms with Crippen LogP contribution in [0.1, 0.15) is 55.3 Å². The molecule has 3 rings (SSSR count). The van der Waals surface area contributed by atoms with Gasteiger partial charge in [-0.05, 0) is 62.9 Å². The van der Waals surface area contributed by atoms with Gasteiger partial charge in [0.05, 0.1) is 18.9 Å². The largest absolute Gasteiger partial charge is 0.467 e. The van der Waals surface area contributed by atoms with Crippen LogP contribution in [0.25, 0.3) is 0 Å². The molecule has 1 aromatic carbocycles. The van der Waals surface area contributed by atoms with Gasteiger partial charge < -0.3 is 19.0 Å². The van der Waals surface area contributed by atoms with Crippen LogP contribution in [0.3, 0.4) is 0 Å². The third-order valence-electron chi connectivity index (χ3n) is 5.53. The van der Waals surface area contributed by atoms with Crippen LogP contribution in [0.4, 0.5) is 0 Å². The van der Waals surface area contributed by atoms with Crippen LogP contribution in [0.15, 0.2) is 47.1 Å². The van der Waals surface area contributed by atoms with E-state index in [-0.39, 0.29) is 30.5 Å². The SMILES string of the molecule is CCc1ccc(C(=O)N(CC(=O)N(Cc2ccco2)C[C@@H]2CCCO2)C(C)C)cc1. The van der Waals surface area contributed by atoms with Gasteiger partial charge in [-0.3, -0.25) is 9.59 Å². The van der Waals surface area contributed by atoms with Crippen molar-refractivity contribution in [3.8, 4) is 0 Å². The Morgan fingerprint density at radius 1 is 1.17 bits per heavy atom. The van der Waals surface area contributed by atoms with E-state index in [1.54, 1.807) is 16.1 Å². The number of carbonyl (C=O) groups is 2. The molecule has 1 fully saturated rings. The van der Waals surface area contributed by atoms with Crippen molar-refractivity contribution in [2.45, 2.75) is 58.7 Å². The number of furan rings is 1. The highest BCUT2D eigenvalue weighted by Crippen LogP contribution is 2.17. The van der Waals surface area contributed by atoms with Crippen LogP contribution >= 0.6 is 0 Å². The predicted molar refractivity (Wildman–Crippen MR) is 115 cm³/mol. The molecule has 1 saturated heterocycles. The van der Waals surface area contributed by atoms with Crippen molar-refractivity contribution in [2.75, 3.05) is 19.7 Å². The number of ether oxygens (including phenoxy) is 1. The lowest BCUT2D eigenvalue weighted by Gasteiger charge is -2.31. The van der Waals surface area contributed by atoms with Gasteiger partial charge >= 0.3 is 0 Å². The molecule has 0 bridgehead atoms. The summed E-state index contributed by atoms with van der Waals surface area (Å²) in [4.78, 5) is 29.7. The average Bonchev–Trinajstić information content (AvgIpc) is 3.45. The van der Waals surface area contributed by atoms with Crippen LogP contribution < -0.4 is 0 Å². The molecule has 0 spiro atoms. The number of rotatable bonds is 9. The van der Waals surface area contributed by atoms with Gasteiger partial charge in [0.15, 0.2) is 0 Å². The lowest BCUT2D eigenvalue weighted by atomic mass is 10.1. The minimum atomic E-state index is -0.129. The van der Waals surface area contributed by atoms with Gasteiger partial charge in [0.2, 0.25) is 5.91 Å². The minimum absolute atomic E-state index is 0.0272. The Balaban J connectivity index is 1.72. The molecule has 2 heterocycles. The molecule has 0 saturated carbocycles. The zero-order valence-electron chi connectivity index (χ0n) is 18.2. The lowest BCUT2D eigenvalue weighted by Crippen LogP contribution is -2.47. The summed E-state index contributed by atoms with van der Waals surface area (Å²) in [6, 6.07) is 11.2. The first kappa shape index (κ1) is 22.1. The second-order valence-electron chi connectivity index (χ2n) is 8.07. The van der Waals surface area contributed by atoms with Crippen LogP contribution in [-0.4, -0.2) is 53.5 Å². The first-order valence-electron chi connectivity index (χ1n) is 10.8. The molecular weight excluding hydrogens is 380 g/mol. The summed E-state index contributed by atoms with van der Waals surface area (Å²) in [6.07, 6.45) is 4.52. The lowest BCUT2D eigenvalue weighted by molar-refractivity contribution is -0.134. The fourth-order valence-corrected chi connectivity index (χ4v) is 3.66. The Morgan fingerprint density at radius 3 is 2.50 bits per heavy atom. The molecule has 1 aliphatic heterocycles. The summed E-state index contributed by atoms with van der Waals surface area (Å²) in [7, 11) is 0. The Hall–Kier alpha value is -2.60. The standard InChI is InChI=1S/C24H32N2O4/c1-4-19-9-11-20(12-10-19)24(28)26(18(2)3)17-23(27)25(15-21-7-5-13-29-21)16-22-8-6-14-30-22/h5,7,9-13,18,22H,4,6,8,14-17H2,1-3H3/t22-/m0/s1. The first-order chi connectivity index (χ1) is 14.5. The normalized spacial score (nSPS) is 16.1. The highest BCUT2D eigenvalue weighted by atomic mass is 16.5. The summed E-state index contributed by atoms with van der Waals surface area (Å²) in [5, 5.41) is 0. The van der Waals surface area contributed by atoms with Gasteiger partial charge in [0, 0.05) is 24.8 Å². The topological polar surface area (TPSA) is 63.0 Å². The van der Waals surface area contributed by atoms with E-state index >= 15 is 0 Å². The van der Waals surface area contributed by atoms with Crippen molar-refractivity contribution in [3.05, 3.63) is 59.5 Å². The molecule has 0 N–H and O–H groups in total. The number of nitrogens with zero attached hydrogens (tertiary/aromatic N) is 2. The summed E-state index contributed by atoms with van der Waals surface area (Å²) in [6.45, 7) is 7.59. The fourth-order valence-electron chi connectivity index (χ4n) is 3.66. The van der Waals surface area contributed by atoms with Crippen molar-refractivity contribution in [3.63, 3.8) is 0 Å². The summed E-state index contributed by atoms with van der Waals surface area (Å²) in [5.41, 5.74) is 1.78. The van der Waals surface area contributed by atoms with Crippen molar-refractivity contribution < 1.29 is 18.7 Å². The Labute approximate surface area is 178 Å². The van der Waals surface area contributed by atoms with Crippen molar-refractivity contribution in [1.29, 1.82) is 0 Å². The second kappa shape index (κ2) is 10.4. The number of hydrogen-bond donors (Lipinski definition) is 0. The fraction of sp³-hybridized carbons (Fsp3) is 0.500. The first-order valence-corrected chi connectivity index (χ1v) is 10.8. The van der Waals surface area contributed by atoms with E-state index in [1.807, 2.05) is 50.2 Å². The van der Waals surface area contributed by atoms with Crippen LogP contribution in [0.5, 0.6) is 0 Å². The zero-order valence-corrected chi connectivity index (χ0v) is 18.2. The molecule has 1 aromatic heterocycles. The molecular formula is C24H32N2O4. The van der Waals surface area contributed by atoms with E-state index in [0.717, 1.165) is 31.6 Å². The highest BCUT2D eigenvalue weighted by Gasteiger charge is 2.27. The van der Waals surface area contributed by atoms with Gasteiger partial charge in [-0.1, -0.05) is 19.1 Å². The number of aryl methyl sites for hydroxylation is 1. The van der Waals surface area contributed by atoms with Gasteiger partial charge in [0.25, 0.3) is 5.91 Å². The predicted octanol–water partition coefficient (Wildman–Crippen LogP) is 3.90. The van der Waals surface area contributed by atoms with E-state index in [0.29, 0.717) is 18.7 Å². The quantitative estimate of drug-likeness (QED) is 0.627. The molecule has 2 amide bonds. The van der Waals surface area contributed by atoms with Crippen molar-refractivity contribution >= 4 is 11.8 Å². The van der Waals surface area contributed by atoms with Crippen LogP contribution in [0, 0.1) is 0 Å². The molecule has 0 unspecified atom stereocenters. The molecule has 1 aliphatic rings. The number of hydrogen-bond acceptors (Lipinski definition) is 4. The maximum Gasteiger partial charge on any atom is 0.254 e. The molecule has 0 radical (unpaired) electrons. The van der Waals surface area contributed by atoms with Crippen molar-refractivity contribution in [2.24, 2.45) is 0 Å². The molecule has 162 valence electrons. The molecule has 2 aromatic rings. The monoisotopic (exact) mass is 412 g/mol. The van der Waals surface area contributed by atoms with Crippen LogP contribution in [0.2, 0.25) is 0 Å². The van der Waals surface area contributed by atoms with Gasteiger partial charge in [-0.25, -0.2) is 0 Å². The van der Waals surface area contributed by atoms with E-state index in [9.17, 15) is 9.59 Å². The van der Waals surface area contributed by atoms with E-state index in [2.05, 4.69) is 6.92 Å². The Bertz CT molecular complexity index is 808. The Morgan fingerprint density at radius 2 is 1.93 bits per heavy atom. The van der Waals surface area contributed by atoms with E-state index < -0.39 is 0 Å². The highest BCUT2D eigenvalue weighted by molar-refractivity contribution is 5.96. The third-order valence-corrected chi connectivity index (χ3v) is 5.53.